The smallest absolute Gasteiger partial charge is 0.191 e. The Morgan fingerprint density at radius 3 is 2.46 bits per heavy atom. The Bertz CT molecular complexity index is 733. The maximum absolute atomic E-state index is 6.10. The number of nitrogens with one attached hydrogen (secondary N) is 2. The maximum Gasteiger partial charge on any atom is 0.191 e. The van der Waals surface area contributed by atoms with Crippen molar-refractivity contribution in [2.75, 3.05) is 13.6 Å². The van der Waals surface area contributed by atoms with E-state index in [2.05, 4.69) is 46.0 Å². The van der Waals surface area contributed by atoms with Crippen molar-refractivity contribution in [2.24, 2.45) is 12.0 Å². The van der Waals surface area contributed by atoms with Gasteiger partial charge in [0.25, 0.3) is 0 Å². The summed E-state index contributed by atoms with van der Waals surface area (Å²) >= 11 is 12.2. The molecule has 1 saturated carbocycles. The molecular formula is C18H22Cl2N4. The minimum Gasteiger partial charge on any atom is -0.356 e. The molecule has 0 bridgehead atoms. The monoisotopic (exact) mass is 364 g/mol. The van der Waals surface area contributed by atoms with Crippen LogP contribution in [-0.4, -0.2) is 24.1 Å². The average Bonchev–Trinajstić information content (AvgIpc) is 3.36. The molecule has 1 aliphatic carbocycles. The molecule has 6 heteroatoms. The summed E-state index contributed by atoms with van der Waals surface area (Å²) in [4.78, 5) is 4.31. The van der Waals surface area contributed by atoms with Crippen LogP contribution in [0.1, 0.15) is 24.1 Å². The third-order valence-electron chi connectivity index (χ3n) is 4.71. The molecule has 3 rings (SSSR count). The minimum absolute atomic E-state index is 0.246. The Kier molecular flexibility index (Phi) is 5.07. The van der Waals surface area contributed by atoms with Gasteiger partial charge in [0.05, 0.1) is 11.6 Å². The van der Waals surface area contributed by atoms with Crippen molar-refractivity contribution in [1.29, 1.82) is 0 Å². The van der Waals surface area contributed by atoms with Crippen molar-refractivity contribution < 1.29 is 0 Å². The number of hydrogen-bond acceptors (Lipinski definition) is 1. The van der Waals surface area contributed by atoms with Crippen molar-refractivity contribution in [3.05, 3.63) is 57.8 Å². The summed E-state index contributed by atoms with van der Waals surface area (Å²) in [6, 6.07) is 12.6. The third-order valence-corrected chi connectivity index (χ3v) is 5.55. The number of hydrogen-bond donors (Lipinski definition) is 2. The highest BCUT2D eigenvalue weighted by Crippen LogP contribution is 2.47. The molecule has 4 nitrogen and oxygen atoms in total. The number of benzene rings is 1. The maximum atomic E-state index is 6.10. The highest BCUT2D eigenvalue weighted by atomic mass is 35.5. The van der Waals surface area contributed by atoms with Crippen molar-refractivity contribution in [3.8, 4) is 0 Å². The number of guanidine groups is 1. The van der Waals surface area contributed by atoms with Crippen LogP contribution < -0.4 is 10.6 Å². The first-order valence-electron chi connectivity index (χ1n) is 8.05. The molecule has 0 aliphatic heterocycles. The zero-order chi connectivity index (χ0) is 17.2. The van der Waals surface area contributed by atoms with Gasteiger partial charge in [-0.1, -0.05) is 53.5 Å². The van der Waals surface area contributed by atoms with Crippen LogP contribution in [0.4, 0.5) is 0 Å². The molecule has 1 aromatic heterocycles. The number of halogens is 2. The fraction of sp³-hybridized carbons (Fsp3) is 0.389. The molecule has 24 heavy (non-hydrogen) atoms. The van der Waals surface area contributed by atoms with E-state index in [1.54, 1.807) is 7.05 Å². The Morgan fingerprint density at radius 1 is 1.21 bits per heavy atom. The minimum atomic E-state index is 0.246. The molecule has 0 amide bonds. The van der Waals surface area contributed by atoms with Gasteiger partial charge in [-0.3, -0.25) is 4.99 Å². The number of rotatable bonds is 5. The van der Waals surface area contributed by atoms with E-state index < -0.39 is 0 Å². The highest BCUT2D eigenvalue weighted by molar-refractivity contribution is 6.41. The van der Waals surface area contributed by atoms with Crippen molar-refractivity contribution in [1.82, 2.24) is 15.2 Å². The SMILES string of the molecule is CN=C(NCc1cc(Cl)c(Cl)n1C)NCC1(c2ccccc2)CC1. The van der Waals surface area contributed by atoms with Gasteiger partial charge in [-0.15, -0.1) is 0 Å². The van der Waals surface area contributed by atoms with Crippen LogP contribution in [-0.2, 0) is 19.0 Å². The van der Waals surface area contributed by atoms with E-state index in [0.29, 0.717) is 16.7 Å². The second kappa shape index (κ2) is 7.08. The van der Waals surface area contributed by atoms with Gasteiger partial charge in [0.2, 0.25) is 0 Å². The van der Waals surface area contributed by atoms with Crippen LogP contribution in [0.15, 0.2) is 41.4 Å². The molecule has 2 aromatic rings. The third kappa shape index (κ3) is 3.55. The molecule has 0 atom stereocenters. The molecule has 0 unspecified atom stereocenters. The number of aromatic nitrogens is 1. The van der Waals surface area contributed by atoms with Gasteiger partial charge < -0.3 is 15.2 Å². The van der Waals surface area contributed by atoms with Crippen LogP contribution in [0, 0.1) is 0 Å². The second-order valence-corrected chi connectivity index (χ2v) is 7.02. The lowest BCUT2D eigenvalue weighted by molar-refractivity contribution is 0.642. The summed E-state index contributed by atoms with van der Waals surface area (Å²) in [5.41, 5.74) is 2.65. The lowest BCUT2D eigenvalue weighted by Gasteiger charge is -2.19. The van der Waals surface area contributed by atoms with Gasteiger partial charge in [0.15, 0.2) is 5.96 Å². The molecule has 0 saturated heterocycles. The largest absolute Gasteiger partial charge is 0.356 e. The van der Waals surface area contributed by atoms with Gasteiger partial charge in [-0.25, -0.2) is 0 Å². The normalized spacial score (nSPS) is 16.1. The molecular weight excluding hydrogens is 343 g/mol. The van der Waals surface area contributed by atoms with Crippen LogP contribution in [0.3, 0.4) is 0 Å². The Morgan fingerprint density at radius 2 is 1.92 bits per heavy atom. The summed E-state index contributed by atoms with van der Waals surface area (Å²) in [6.45, 7) is 1.49. The second-order valence-electron chi connectivity index (χ2n) is 6.26. The van der Waals surface area contributed by atoms with E-state index in [1.165, 1.54) is 18.4 Å². The summed E-state index contributed by atoms with van der Waals surface area (Å²) in [7, 11) is 3.68. The fourth-order valence-corrected chi connectivity index (χ4v) is 3.33. The van der Waals surface area contributed by atoms with Gasteiger partial charge in [-0.05, 0) is 24.5 Å². The van der Waals surface area contributed by atoms with E-state index in [-0.39, 0.29) is 5.41 Å². The van der Waals surface area contributed by atoms with E-state index in [0.717, 1.165) is 18.2 Å². The van der Waals surface area contributed by atoms with E-state index in [9.17, 15) is 0 Å². The van der Waals surface area contributed by atoms with Crippen LogP contribution in [0.25, 0.3) is 0 Å². The van der Waals surface area contributed by atoms with Gasteiger partial charge in [0, 0.05) is 31.7 Å². The van der Waals surface area contributed by atoms with Crippen LogP contribution >= 0.6 is 23.2 Å². The zero-order valence-corrected chi connectivity index (χ0v) is 15.5. The summed E-state index contributed by atoms with van der Waals surface area (Å²) in [5.74, 6) is 0.783. The van der Waals surface area contributed by atoms with Gasteiger partial charge in [-0.2, -0.15) is 0 Å². The molecule has 1 aromatic carbocycles. The zero-order valence-electron chi connectivity index (χ0n) is 13.9. The molecule has 2 N–H and O–H groups in total. The van der Waals surface area contributed by atoms with Crippen LogP contribution in [0.2, 0.25) is 10.2 Å². The van der Waals surface area contributed by atoms with Crippen molar-refractivity contribution in [2.45, 2.75) is 24.8 Å². The number of nitrogens with zero attached hydrogens (tertiary/aromatic N) is 2. The molecule has 1 fully saturated rings. The standard InChI is InChI=1S/C18H22Cl2N4/c1-21-17(22-11-14-10-15(19)16(20)24(14)2)23-12-18(8-9-18)13-6-4-3-5-7-13/h3-7,10H,8-9,11-12H2,1-2H3,(H2,21,22,23). The van der Waals surface area contributed by atoms with Crippen LogP contribution in [0.5, 0.6) is 0 Å². The Labute approximate surface area is 152 Å². The van der Waals surface area contributed by atoms with E-state index in [4.69, 9.17) is 23.2 Å². The predicted molar refractivity (Wildman–Crippen MR) is 101 cm³/mol. The quantitative estimate of drug-likeness (QED) is 0.626. The average molecular weight is 365 g/mol. The first-order valence-corrected chi connectivity index (χ1v) is 8.81. The summed E-state index contributed by atoms with van der Waals surface area (Å²) < 4.78 is 1.87. The molecule has 0 radical (unpaired) electrons. The van der Waals surface area contributed by atoms with Crippen molar-refractivity contribution in [3.63, 3.8) is 0 Å². The molecule has 0 spiro atoms. The summed E-state index contributed by atoms with van der Waals surface area (Å²) in [6.07, 6.45) is 2.42. The predicted octanol–water partition coefficient (Wildman–Crippen LogP) is 3.73. The first-order chi connectivity index (χ1) is 11.6. The Balaban J connectivity index is 1.57. The summed E-state index contributed by atoms with van der Waals surface area (Å²) in [5, 5.41) is 7.89. The molecule has 1 aliphatic rings. The van der Waals surface area contributed by atoms with E-state index in [1.807, 2.05) is 17.7 Å². The first kappa shape index (κ1) is 17.2. The highest BCUT2D eigenvalue weighted by Gasteiger charge is 2.43. The molecule has 128 valence electrons. The van der Waals surface area contributed by atoms with Gasteiger partial charge in [0.1, 0.15) is 5.15 Å². The lowest BCUT2D eigenvalue weighted by atomic mass is 9.96. The number of aliphatic imine (C=N–C) groups is 1. The molecule has 1 heterocycles. The van der Waals surface area contributed by atoms with E-state index >= 15 is 0 Å². The van der Waals surface area contributed by atoms with Crippen molar-refractivity contribution >= 4 is 29.2 Å². The Hall–Kier alpha value is -1.65. The topological polar surface area (TPSA) is 41.4 Å². The lowest BCUT2D eigenvalue weighted by Crippen LogP contribution is -2.41. The fourth-order valence-electron chi connectivity index (χ4n) is 2.92. The van der Waals surface area contributed by atoms with Gasteiger partial charge >= 0.3 is 0 Å².